The van der Waals surface area contributed by atoms with Crippen LogP contribution in [0.3, 0.4) is 0 Å². The van der Waals surface area contributed by atoms with Gasteiger partial charge in [0.25, 0.3) is 0 Å². The van der Waals surface area contributed by atoms with Crippen LogP contribution in [0, 0.1) is 11.8 Å². The molecular formula is C11H8F3NO. The number of ketones is 1. The van der Waals surface area contributed by atoms with Gasteiger partial charge < -0.3 is 0 Å². The van der Waals surface area contributed by atoms with Crippen molar-refractivity contribution in [3.63, 3.8) is 0 Å². The van der Waals surface area contributed by atoms with Crippen molar-refractivity contribution >= 4 is 5.78 Å². The molecule has 0 N–H and O–H groups in total. The van der Waals surface area contributed by atoms with Gasteiger partial charge in [0.2, 0.25) is 0 Å². The van der Waals surface area contributed by atoms with Crippen molar-refractivity contribution in [2.24, 2.45) is 0 Å². The first-order chi connectivity index (χ1) is 7.45. The fourth-order valence-corrected chi connectivity index (χ4v) is 0.986. The molecule has 1 rings (SSSR count). The standard InChI is InChI=1S/C11H8F3NO/c1-2-3-4-10(16)9-6-5-8(7-15-9)11(12,13)14/h5-7H,4H2,1H3. The van der Waals surface area contributed by atoms with Crippen LogP contribution >= 0.6 is 0 Å². The van der Waals surface area contributed by atoms with E-state index in [0.29, 0.717) is 6.20 Å². The highest BCUT2D eigenvalue weighted by Gasteiger charge is 2.30. The molecule has 0 atom stereocenters. The molecule has 0 amide bonds. The molecule has 1 aromatic rings. The van der Waals surface area contributed by atoms with Crippen LogP contribution in [0.15, 0.2) is 18.3 Å². The van der Waals surface area contributed by atoms with Crippen LogP contribution < -0.4 is 0 Å². The van der Waals surface area contributed by atoms with Gasteiger partial charge in [-0.25, -0.2) is 0 Å². The minimum Gasteiger partial charge on any atom is -0.291 e. The Hall–Kier alpha value is -1.83. The molecule has 0 bridgehead atoms. The fraction of sp³-hybridized carbons (Fsp3) is 0.273. The van der Waals surface area contributed by atoms with E-state index in [2.05, 4.69) is 16.8 Å². The summed E-state index contributed by atoms with van der Waals surface area (Å²) in [4.78, 5) is 14.8. The summed E-state index contributed by atoms with van der Waals surface area (Å²) in [6, 6.07) is 1.89. The van der Waals surface area contributed by atoms with Crippen molar-refractivity contribution in [3.05, 3.63) is 29.6 Å². The molecule has 0 aliphatic carbocycles. The van der Waals surface area contributed by atoms with E-state index in [9.17, 15) is 18.0 Å². The molecule has 0 saturated carbocycles. The predicted molar refractivity (Wildman–Crippen MR) is 51.6 cm³/mol. The molecule has 0 saturated heterocycles. The Balaban J connectivity index is 2.86. The number of rotatable bonds is 2. The van der Waals surface area contributed by atoms with Crippen molar-refractivity contribution in [3.8, 4) is 11.8 Å². The van der Waals surface area contributed by atoms with E-state index in [1.807, 2.05) is 0 Å². The van der Waals surface area contributed by atoms with Crippen LogP contribution in [0.1, 0.15) is 29.4 Å². The summed E-state index contributed by atoms with van der Waals surface area (Å²) >= 11 is 0. The average molecular weight is 227 g/mol. The average Bonchev–Trinajstić information content (AvgIpc) is 2.25. The van der Waals surface area contributed by atoms with Gasteiger partial charge >= 0.3 is 6.18 Å². The second kappa shape index (κ2) is 4.79. The van der Waals surface area contributed by atoms with Gasteiger partial charge in [0, 0.05) is 6.20 Å². The summed E-state index contributed by atoms with van der Waals surface area (Å²) in [5.41, 5.74) is -0.874. The SMILES string of the molecule is CC#CCC(=O)c1ccc(C(F)(F)F)cn1. The number of alkyl halides is 3. The van der Waals surface area contributed by atoms with E-state index < -0.39 is 11.7 Å². The normalized spacial score (nSPS) is 10.5. The highest BCUT2D eigenvalue weighted by molar-refractivity contribution is 5.95. The van der Waals surface area contributed by atoms with Crippen LogP contribution in [0.25, 0.3) is 0 Å². The molecule has 0 aliphatic heterocycles. The minimum absolute atomic E-state index is 0.00394. The first-order valence-corrected chi connectivity index (χ1v) is 4.41. The number of carbonyl (C=O) groups is 1. The Kier molecular flexibility index (Phi) is 3.67. The quantitative estimate of drug-likeness (QED) is 0.574. The van der Waals surface area contributed by atoms with E-state index in [1.165, 1.54) is 0 Å². The van der Waals surface area contributed by atoms with E-state index >= 15 is 0 Å². The lowest BCUT2D eigenvalue weighted by atomic mass is 10.1. The van der Waals surface area contributed by atoms with Crippen LogP contribution in [0.4, 0.5) is 13.2 Å². The largest absolute Gasteiger partial charge is 0.417 e. The molecule has 0 fully saturated rings. The number of carbonyl (C=O) groups excluding carboxylic acids is 1. The topological polar surface area (TPSA) is 30.0 Å². The zero-order valence-electron chi connectivity index (χ0n) is 8.43. The van der Waals surface area contributed by atoms with Gasteiger partial charge in [-0.3, -0.25) is 9.78 Å². The first-order valence-electron chi connectivity index (χ1n) is 4.41. The summed E-state index contributed by atoms with van der Waals surface area (Å²) in [6.07, 6.45) is -3.82. The van der Waals surface area contributed by atoms with E-state index in [1.54, 1.807) is 6.92 Å². The molecule has 1 aromatic heterocycles. The Morgan fingerprint density at radius 2 is 2.12 bits per heavy atom. The Bertz CT molecular complexity index is 437. The molecule has 0 aliphatic rings. The van der Waals surface area contributed by atoms with Gasteiger partial charge in [0.05, 0.1) is 12.0 Å². The van der Waals surface area contributed by atoms with Crippen LogP contribution in [0.2, 0.25) is 0 Å². The first kappa shape index (κ1) is 12.2. The number of Topliss-reactive ketones (excluding diaryl/α,β-unsaturated/α-hetero) is 1. The van der Waals surface area contributed by atoms with E-state index in [-0.39, 0.29) is 17.9 Å². The zero-order valence-corrected chi connectivity index (χ0v) is 8.43. The molecule has 16 heavy (non-hydrogen) atoms. The Morgan fingerprint density at radius 3 is 2.56 bits per heavy atom. The molecule has 0 radical (unpaired) electrons. The van der Waals surface area contributed by atoms with E-state index in [4.69, 9.17) is 0 Å². The lowest BCUT2D eigenvalue weighted by Gasteiger charge is -2.05. The van der Waals surface area contributed by atoms with Crippen LogP contribution in [-0.2, 0) is 6.18 Å². The van der Waals surface area contributed by atoms with Gasteiger partial charge in [0.1, 0.15) is 5.69 Å². The minimum atomic E-state index is -4.43. The third-order valence-corrected chi connectivity index (χ3v) is 1.80. The summed E-state index contributed by atoms with van der Waals surface area (Å²) in [7, 11) is 0. The maximum Gasteiger partial charge on any atom is 0.417 e. The van der Waals surface area contributed by atoms with Crippen molar-refractivity contribution in [2.75, 3.05) is 0 Å². The highest BCUT2D eigenvalue weighted by Crippen LogP contribution is 2.28. The summed E-state index contributed by atoms with van der Waals surface area (Å²) in [5, 5.41) is 0. The zero-order chi connectivity index (χ0) is 12.2. The highest BCUT2D eigenvalue weighted by atomic mass is 19.4. The van der Waals surface area contributed by atoms with Gasteiger partial charge in [-0.1, -0.05) is 5.92 Å². The van der Waals surface area contributed by atoms with Gasteiger partial charge in [0.15, 0.2) is 5.78 Å². The maximum atomic E-state index is 12.2. The number of halogens is 3. The summed E-state index contributed by atoms with van der Waals surface area (Å²) in [5.74, 6) is 4.67. The van der Waals surface area contributed by atoms with Crippen LogP contribution in [0.5, 0.6) is 0 Å². The summed E-state index contributed by atoms with van der Waals surface area (Å²) < 4.78 is 36.5. The van der Waals surface area contributed by atoms with Crippen molar-refractivity contribution in [1.82, 2.24) is 4.98 Å². The molecule has 5 heteroatoms. The second-order valence-corrected chi connectivity index (χ2v) is 2.96. The van der Waals surface area contributed by atoms with Gasteiger partial charge in [-0.15, -0.1) is 5.92 Å². The number of aromatic nitrogens is 1. The molecule has 0 spiro atoms. The van der Waals surface area contributed by atoms with Crippen molar-refractivity contribution in [2.45, 2.75) is 19.5 Å². The predicted octanol–water partition coefficient (Wildman–Crippen LogP) is 2.70. The number of pyridine rings is 1. The molecule has 0 aromatic carbocycles. The maximum absolute atomic E-state index is 12.2. The second-order valence-electron chi connectivity index (χ2n) is 2.96. The van der Waals surface area contributed by atoms with Crippen molar-refractivity contribution < 1.29 is 18.0 Å². The smallest absolute Gasteiger partial charge is 0.291 e. The third kappa shape index (κ3) is 3.09. The number of hydrogen-bond donors (Lipinski definition) is 0. The third-order valence-electron chi connectivity index (χ3n) is 1.80. The lowest BCUT2D eigenvalue weighted by Crippen LogP contribution is -2.07. The van der Waals surface area contributed by atoms with Crippen LogP contribution in [-0.4, -0.2) is 10.8 Å². The van der Waals surface area contributed by atoms with Gasteiger partial charge in [-0.05, 0) is 19.1 Å². The Morgan fingerprint density at radius 1 is 1.44 bits per heavy atom. The molecule has 0 unspecified atom stereocenters. The molecule has 84 valence electrons. The fourth-order valence-electron chi connectivity index (χ4n) is 0.986. The number of hydrogen-bond acceptors (Lipinski definition) is 2. The molecule has 2 nitrogen and oxygen atoms in total. The van der Waals surface area contributed by atoms with Gasteiger partial charge in [-0.2, -0.15) is 13.2 Å². The van der Waals surface area contributed by atoms with Crippen molar-refractivity contribution in [1.29, 1.82) is 0 Å². The Labute approximate surface area is 90.5 Å². The molecular weight excluding hydrogens is 219 g/mol. The monoisotopic (exact) mass is 227 g/mol. The summed E-state index contributed by atoms with van der Waals surface area (Å²) in [6.45, 7) is 1.58. The molecule has 1 heterocycles. The van der Waals surface area contributed by atoms with E-state index in [0.717, 1.165) is 12.1 Å². The lowest BCUT2D eigenvalue weighted by molar-refractivity contribution is -0.137. The number of nitrogens with zero attached hydrogens (tertiary/aromatic N) is 1.